The van der Waals surface area contributed by atoms with E-state index in [1.54, 1.807) is 19.1 Å². The van der Waals surface area contributed by atoms with Gasteiger partial charge in [-0.15, -0.1) is 0 Å². The summed E-state index contributed by atoms with van der Waals surface area (Å²) < 4.78 is 32.1. The number of aryl methyl sites for hydroxylation is 1. The van der Waals surface area contributed by atoms with Crippen LogP contribution in [0.25, 0.3) is 0 Å². The summed E-state index contributed by atoms with van der Waals surface area (Å²) >= 11 is 0. The highest BCUT2D eigenvalue weighted by Crippen LogP contribution is 2.21. The minimum Gasteiger partial charge on any atom is -0.472 e. The fourth-order valence-corrected chi connectivity index (χ4v) is 3.30. The van der Waals surface area contributed by atoms with Crippen molar-refractivity contribution in [1.29, 1.82) is 0 Å². The predicted octanol–water partition coefficient (Wildman–Crippen LogP) is 1.87. The molecule has 0 saturated carbocycles. The Morgan fingerprint density at radius 1 is 1.25 bits per heavy atom. The first-order valence-corrected chi connectivity index (χ1v) is 7.64. The van der Waals surface area contributed by atoms with Crippen molar-refractivity contribution in [2.75, 3.05) is 0 Å². The molecule has 0 atom stereocenters. The maximum Gasteiger partial charge on any atom is 0.241 e. The number of nitrogens with one attached hydrogen (secondary N) is 1. The van der Waals surface area contributed by atoms with Gasteiger partial charge >= 0.3 is 0 Å². The van der Waals surface area contributed by atoms with Crippen molar-refractivity contribution in [3.8, 4) is 0 Å². The summed E-state index contributed by atoms with van der Waals surface area (Å²) in [7, 11) is -3.62. The van der Waals surface area contributed by atoms with Crippen molar-refractivity contribution in [3.63, 3.8) is 0 Å². The average molecular weight is 295 g/mol. The molecule has 1 aromatic carbocycles. The maximum atomic E-state index is 12.3. The van der Waals surface area contributed by atoms with E-state index in [0.29, 0.717) is 11.1 Å². The summed E-state index contributed by atoms with van der Waals surface area (Å²) in [6.45, 7) is 3.55. The lowest BCUT2D eigenvalue weighted by molar-refractivity contribution is 0.281. The molecule has 108 valence electrons. The zero-order valence-corrected chi connectivity index (χ0v) is 12.2. The molecule has 0 bridgehead atoms. The van der Waals surface area contributed by atoms with Crippen LogP contribution in [0.3, 0.4) is 0 Å². The van der Waals surface area contributed by atoms with E-state index in [-0.39, 0.29) is 18.0 Å². The molecular weight excluding hydrogens is 278 g/mol. The zero-order valence-electron chi connectivity index (χ0n) is 11.4. The molecule has 0 unspecified atom stereocenters. The Labute approximate surface area is 118 Å². The van der Waals surface area contributed by atoms with Crippen molar-refractivity contribution >= 4 is 10.0 Å². The van der Waals surface area contributed by atoms with Gasteiger partial charge in [0.25, 0.3) is 0 Å². The van der Waals surface area contributed by atoms with Crippen LogP contribution in [-0.2, 0) is 23.2 Å². The molecule has 0 aliphatic carbocycles. The standard InChI is InChI=1S/C14H17NO4S/c1-10-5-13(8-16)6-14(11(10)2)20(17,18)15-7-12-3-4-19-9-12/h3-6,9,15-16H,7-8H2,1-2H3. The Morgan fingerprint density at radius 3 is 2.60 bits per heavy atom. The third-order valence-electron chi connectivity index (χ3n) is 3.20. The van der Waals surface area contributed by atoms with Crippen molar-refractivity contribution in [2.45, 2.75) is 31.9 Å². The van der Waals surface area contributed by atoms with E-state index in [2.05, 4.69) is 4.72 Å². The van der Waals surface area contributed by atoms with Crippen LogP contribution in [0.5, 0.6) is 0 Å². The lowest BCUT2D eigenvalue weighted by Crippen LogP contribution is -2.24. The monoisotopic (exact) mass is 295 g/mol. The highest BCUT2D eigenvalue weighted by Gasteiger charge is 2.18. The van der Waals surface area contributed by atoms with Gasteiger partial charge in [0, 0.05) is 12.1 Å². The number of rotatable bonds is 5. The van der Waals surface area contributed by atoms with Gasteiger partial charge < -0.3 is 9.52 Å². The normalized spacial score (nSPS) is 11.8. The van der Waals surface area contributed by atoms with Gasteiger partial charge in [-0.2, -0.15) is 0 Å². The van der Waals surface area contributed by atoms with Crippen LogP contribution in [0.1, 0.15) is 22.3 Å². The van der Waals surface area contributed by atoms with Crippen LogP contribution in [0.15, 0.2) is 40.0 Å². The molecule has 2 N–H and O–H groups in total. The van der Waals surface area contributed by atoms with Crippen LogP contribution < -0.4 is 4.72 Å². The molecule has 2 rings (SSSR count). The summed E-state index contributed by atoms with van der Waals surface area (Å²) in [6.07, 6.45) is 2.98. The summed E-state index contributed by atoms with van der Waals surface area (Å²) in [5, 5.41) is 9.20. The molecular formula is C14H17NO4S. The van der Waals surface area contributed by atoms with E-state index >= 15 is 0 Å². The first-order chi connectivity index (χ1) is 9.44. The molecule has 0 amide bonds. The zero-order chi connectivity index (χ0) is 14.8. The van der Waals surface area contributed by atoms with E-state index in [1.165, 1.54) is 18.6 Å². The minimum absolute atomic E-state index is 0.167. The lowest BCUT2D eigenvalue weighted by Gasteiger charge is -2.12. The second-order valence-corrected chi connectivity index (χ2v) is 6.39. The molecule has 1 heterocycles. The van der Waals surface area contributed by atoms with Gasteiger partial charge in [0.2, 0.25) is 10.0 Å². The first kappa shape index (κ1) is 14.8. The number of aliphatic hydroxyl groups is 1. The van der Waals surface area contributed by atoms with Crippen molar-refractivity contribution in [3.05, 3.63) is 53.0 Å². The molecule has 0 aliphatic rings. The summed E-state index contributed by atoms with van der Waals surface area (Å²) in [6, 6.07) is 4.98. The number of aliphatic hydroxyl groups excluding tert-OH is 1. The largest absolute Gasteiger partial charge is 0.472 e. The van der Waals surface area contributed by atoms with Crippen LogP contribution in [0.2, 0.25) is 0 Å². The van der Waals surface area contributed by atoms with Gasteiger partial charge in [0.05, 0.1) is 24.0 Å². The van der Waals surface area contributed by atoms with Crippen LogP contribution in [0.4, 0.5) is 0 Å². The number of benzene rings is 1. The molecule has 1 aromatic heterocycles. The number of sulfonamides is 1. The summed E-state index contributed by atoms with van der Waals surface area (Å²) in [5.41, 5.74) is 2.85. The molecule has 20 heavy (non-hydrogen) atoms. The molecule has 0 aliphatic heterocycles. The minimum atomic E-state index is -3.62. The van der Waals surface area contributed by atoms with E-state index < -0.39 is 10.0 Å². The van der Waals surface area contributed by atoms with Crippen molar-refractivity contribution in [1.82, 2.24) is 4.72 Å². The molecule has 6 heteroatoms. The Bertz CT molecular complexity index is 690. The van der Waals surface area contributed by atoms with Gasteiger partial charge in [-0.1, -0.05) is 6.07 Å². The second kappa shape index (κ2) is 5.78. The Hall–Kier alpha value is -1.63. The Balaban J connectivity index is 2.31. The van der Waals surface area contributed by atoms with Crippen LogP contribution in [0, 0.1) is 13.8 Å². The van der Waals surface area contributed by atoms with Crippen LogP contribution >= 0.6 is 0 Å². The fourth-order valence-electron chi connectivity index (χ4n) is 1.92. The fraction of sp³-hybridized carbons (Fsp3) is 0.286. The molecule has 0 radical (unpaired) electrons. The average Bonchev–Trinajstić information content (AvgIpc) is 2.92. The summed E-state index contributed by atoms with van der Waals surface area (Å²) in [5.74, 6) is 0. The molecule has 0 saturated heterocycles. The SMILES string of the molecule is Cc1cc(CO)cc(S(=O)(=O)NCc2ccoc2)c1C. The topological polar surface area (TPSA) is 79.5 Å². The van der Waals surface area contributed by atoms with Crippen molar-refractivity contribution < 1.29 is 17.9 Å². The molecule has 5 nitrogen and oxygen atoms in total. The van der Waals surface area contributed by atoms with E-state index in [9.17, 15) is 13.5 Å². The number of hydrogen-bond donors (Lipinski definition) is 2. The van der Waals surface area contributed by atoms with Crippen molar-refractivity contribution in [2.24, 2.45) is 0 Å². The third kappa shape index (κ3) is 3.09. The second-order valence-electron chi connectivity index (χ2n) is 4.65. The maximum absolute atomic E-state index is 12.3. The van der Waals surface area contributed by atoms with Gasteiger partial charge in [-0.25, -0.2) is 13.1 Å². The first-order valence-electron chi connectivity index (χ1n) is 6.16. The highest BCUT2D eigenvalue weighted by molar-refractivity contribution is 7.89. The van der Waals surface area contributed by atoms with E-state index in [0.717, 1.165) is 11.1 Å². The Morgan fingerprint density at radius 2 is 2.00 bits per heavy atom. The molecule has 0 spiro atoms. The highest BCUT2D eigenvalue weighted by atomic mass is 32.2. The number of hydrogen-bond acceptors (Lipinski definition) is 4. The van der Waals surface area contributed by atoms with E-state index in [4.69, 9.17) is 4.42 Å². The van der Waals surface area contributed by atoms with Crippen LogP contribution in [-0.4, -0.2) is 13.5 Å². The lowest BCUT2D eigenvalue weighted by atomic mass is 10.1. The van der Waals surface area contributed by atoms with Gasteiger partial charge in [0.15, 0.2) is 0 Å². The van der Waals surface area contributed by atoms with Gasteiger partial charge in [-0.05, 0) is 42.7 Å². The molecule has 0 fully saturated rings. The quantitative estimate of drug-likeness (QED) is 0.882. The Kier molecular flexibility index (Phi) is 4.27. The third-order valence-corrected chi connectivity index (χ3v) is 4.73. The molecule has 2 aromatic rings. The van der Waals surface area contributed by atoms with E-state index in [1.807, 2.05) is 6.92 Å². The predicted molar refractivity (Wildman–Crippen MR) is 74.6 cm³/mol. The number of furan rings is 1. The van der Waals surface area contributed by atoms with Gasteiger partial charge in [0.1, 0.15) is 0 Å². The summed E-state index contributed by atoms with van der Waals surface area (Å²) in [4.78, 5) is 0.199. The van der Waals surface area contributed by atoms with Gasteiger partial charge in [-0.3, -0.25) is 0 Å². The smallest absolute Gasteiger partial charge is 0.241 e.